The Morgan fingerprint density at radius 3 is 2.83 bits per heavy atom. The van der Waals surface area contributed by atoms with Crippen molar-refractivity contribution >= 4 is 29.7 Å². The van der Waals surface area contributed by atoms with Gasteiger partial charge >= 0.3 is 0 Å². The molecule has 0 aliphatic heterocycles. The molecule has 3 aromatic rings. The number of methoxy groups -OCH3 is 1. The highest BCUT2D eigenvalue weighted by molar-refractivity contribution is 6.30. The second kappa shape index (κ2) is 7.88. The Labute approximate surface area is 153 Å². The summed E-state index contributed by atoms with van der Waals surface area (Å²) in [5.41, 5.74) is 4.16. The molecular formula is C18H21Cl2N3O. The molecule has 0 saturated carbocycles. The molecule has 0 bridgehead atoms. The van der Waals surface area contributed by atoms with E-state index >= 15 is 0 Å². The van der Waals surface area contributed by atoms with Crippen LogP contribution in [0.4, 0.5) is 0 Å². The van der Waals surface area contributed by atoms with Crippen LogP contribution in [0.3, 0.4) is 0 Å². The SMILES string of the molecule is COc1ccc(C)cc1C(C)NCc1c(Cl)nc2ccccn12.Cl. The number of fused-ring (bicyclic) bond motifs is 1. The summed E-state index contributed by atoms with van der Waals surface area (Å²) in [4.78, 5) is 4.38. The normalized spacial score (nSPS) is 12.0. The Kier molecular flexibility index (Phi) is 6.10. The smallest absolute Gasteiger partial charge is 0.152 e. The van der Waals surface area contributed by atoms with E-state index in [0.717, 1.165) is 22.7 Å². The fourth-order valence-electron chi connectivity index (χ4n) is 2.73. The van der Waals surface area contributed by atoms with Crippen LogP contribution in [0.25, 0.3) is 5.65 Å². The molecule has 4 nitrogen and oxygen atoms in total. The van der Waals surface area contributed by atoms with E-state index in [1.165, 1.54) is 5.56 Å². The van der Waals surface area contributed by atoms with Crippen molar-refractivity contribution in [2.75, 3.05) is 7.11 Å². The van der Waals surface area contributed by atoms with Gasteiger partial charge in [0.1, 0.15) is 11.4 Å². The van der Waals surface area contributed by atoms with E-state index < -0.39 is 0 Å². The molecule has 0 amide bonds. The highest BCUT2D eigenvalue weighted by Gasteiger charge is 2.14. The highest BCUT2D eigenvalue weighted by Crippen LogP contribution is 2.27. The van der Waals surface area contributed by atoms with E-state index in [-0.39, 0.29) is 18.4 Å². The Morgan fingerprint density at radius 2 is 2.08 bits per heavy atom. The average molecular weight is 366 g/mol. The number of ether oxygens (including phenoxy) is 1. The van der Waals surface area contributed by atoms with Gasteiger partial charge in [0.15, 0.2) is 5.15 Å². The largest absolute Gasteiger partial charge is 0.496 e. The predicted molar refractivity (Wildman–Crippen MR) is 100 cm³/mol. The van der Waals surface area contributed by atoms with Crippen molar-refractivity contribution in [3.05, 3.63) is 64.6 Å². The summed E-state index contributed by atoms with van der Waals surface area (Å²) in [7, 11) is 1.70. The molecule has 0 saturated heterocycles. The van der Waals surface area contributed by atoms with Gasteiger partial charge in [0.05, 0.1) is 12.8 Å². The van der Waals surface area contributed by atoms with E-state index in [9.17, 15) is 0 Å². The first-order valence-corrected chi connectivity index (χ1v) is 7.97. The third-order valence-electron chi connectivity index (χ3n) is 4.01. The van der Waals surface area contributed by atoms with Gasteiger partial charge in [0.2, 0.25) is 0 Å². The number of aromatic nitrogens is 2. The monoisotopic (exact) mass is 365 g/mol. The fourth-order valence-corrected chi connectivity index (χ4v) is 2.97. The maximum atomic E-state index is 6.28. The zero-order valence-electron chi connectivity index (χ0n) is 13.9. The van der Waals surface area contributed by atoms with E-state index in [4.69, 9.17) is 16.3 Å². The van der Waals surface area contributed by atoms with Gasteiger partial charge in [-0.1, -0.05) is 35.4 Å². The number of nitrogens with zero attached hydrogens (tertiary/aromatic N) is 2. The highest BCUT2D eigenvalue weighted by atomic mass is 35.5. The molecule has 6 heteroatoms. The van der Waals surface area contributed by atoms with Crippen molar-refractivity contribution in [1.29, 1.82) is 0 Å². The molecule has 0 radical (unpaired) electrons. The average Bonchev–Trinajstić information content (AvgIpc) is 2.88. The molecular weight excluding hydrogens is 345 g/mol. The number of aryl methyl sites for hydroxylation is 1. The van der Waals surface area contributed by atoms with Crippen LogP contribution >= 0.6 is 24.0 Å². The zero-order valence-corrected chi connectivity index (χ0v) is 15.5. The number of hydrogen-bond donors (Lipinski definition) is 1. The third-order valence-corrected chi connectivity index (χ3v) is 4.31. The molecule has 24 heavy (non-hydrogen) atoms. The predicted octanol–water partition coefficient (Wildman–Crippen LogP) is 4.58. The Hall–Kier alpha value is -1.75. The lowest BCUT2D eigenvalue weighted by Crippen LogP contribution is -2.20. The number of benzene rings is 1. The molecule has 1 unspecified atom stereocenters. The first-order chi connectivity index (χ1) is 11.1. The standard InChI is InChI=1S/C18H20ClN3O.ClH/c1-12-7-8-16(23-3)14(10-12)13(2)20-11-15-18(19)21-17-6-4-5-9-22(15)17;/h4-10,13,20H,11H2,1-3H3;1H. The van der Waals surface area contributed by atoms with Crippen LogP contribution in [0, 0.1) is 6.92 Å². The first kappa shape index (κ1) is 18.6. The Balaban J connectivity index is 0.00000208. The van der Waals surface area contributed by atoms with E-state index in [1.54, 1.807) is 7.11 Å². The molecule has 0 fully saturated rings. The van der Waals surface area contributed by atoms with Crippen molar-refractivity contribution < 1.29 is 4.74 Å². The second-order valence-electron chi connectivity index (χ2n) is 5.63. The lowest BCUT2D eigenvalue weighted by Gasteiger charge is -2.18. The summed E-state index contributed by atoms with van der Waals surface area (Å²) in [6.07, 6.45) is 1.98. The van der Waals surface area contributed by atoms with Crippen LogP contribution < -0.4 is 10.1 Å². The summed E-state index contributed by atoms with van der Waals surface area (Å²) in [6.45, 7) is 4.83. The quantitative estimate of drug-likeness (QED) is 0.719. The van der Waals surface area contributed by atoms with Crippen molar-refractivity contribution in [2.45, 2.75) is 26.4 Å². The van der Waals surface area contributed by atoms with E-state index in [1.807, 2.05) is 34.9 Å². The summed E-state index contributed by atoms with van der Waals surface area (Å²) in [5.74, 6) is 0.889. The maximum Gasteiger partial charge on any atom is 0.152 e. The van der Waals surface area contributed by atoms with Crippen LogP contribution in [0.1, 0.15) is 29.8 Å². The molecule has 3 rings (SSSR count). The summed E-state index contributed by atoms with van der Waals surface area (Å²) >= 11 is 6.28. The van der Waals surface area contributed by atoms with Crippen molar-refractivity contribution in [3.8, 4) is 5.75 Å². The lowest BCUT2D eigenvalue weighted by atomic mass is 10.0. The van der Waals surface area contributed by atoms with Gasteiger partial charge in [-0.3, -0.25) is 0 Å². The zero-order chi connectivity index (χ0) is 16.4. The molecule has 1 N–H and O–H groups in total. The molecule has 0 aliphatic rings. The summed E-state index contributed by atoms with van der Waals surface area (Å²) in [6, 6.07) is 12.2. The number of rotatable bonds is 5. The number of imidazole rings is 1. The van der Waals surface area contributed by atoms with Gasteiger partial charge in [-0.15, -0.1) is 12.4 Å². The van der Waals surface area contributed by atoms with Crippen LogP contribution in [-0.2, 0) is 6.54 Å². The maximum absolute atomic E-state index is 6.28. The minimum absolute atomic E-state index is 0. The molecule has 0 spiro atoms. The van der Waals surface area contributed by atoms with Crippen molar-refractivity contribution in [2.24, 2.45) is 0 Å². The van der Waals surface area contributed by atoms with Crippen LogP contribution in [0.15, 0.2) is 42.6 Å². The minimum Gasteiger partial charge on any atom is -0.496 e. The number of pyridine rings is 1. The summed E-state index contributed by atoms with van der Waals surface area (Å²) in [5, 5.41) is 4.05. The van der Waals surface area contributed by atoms with Gasteiger partial charge in [-0.05, 0) is 32.0 Å². The Morgan fingerprint density at radius 1 is 1.29 bits per heavy atom. The molecule has 1 atom stereocenters. The first-order valence-electron chi connectivity index (χ1n) is 7.59. The molecule has 1 aromatic carbocycles. The summed E-state index contributed by atoms with van der Waals surface area (Å²) < 4.78 is 7.48. The second-order valence-corrected chi connectivity index (χ2v) is 5.98. The van der Waals surface area contributed by atoms with Gasteiger partial charge in [-0.2, -0.15) is 0 Å². The third kappa shape index (κ3) is 3.66. The Bertz CT molecular complexity index is 832. The minimum atomic E-state index is 0. The number of hydrogen-bond acceptors (Lipinski definition) is 3. The topological polar surface area (TPSA) is 38.6 Å². The van der Waals surface area contributed by atoms with Crippen molar-refractivity contribution in [1.82, 2.24) is 14.7 Å². The van der Waals surface area contributed by atoms with Gasteiger partial charge in [0.25, 0.3) is 0 Å². The molecule has 128 valence electrons. The van der Waals surface area contributed by atoms with Crippen LogP contribution in [-0.4, -0.2) is 16.5 Å². The van der Waals surface area contributed by atoms with Gasteiger partial charge in [-0.25, -0.2) is 4.98 Å². The lowest BCUT2D eigenvalue weighted by molar-refractivity contribution is 0.401. The number of halogens is 2. The molecule has 0 aliphatic carbocycles. The molecule has 2 aromatic heterocycles. The van der Waals surface area contributed by atoms with E-state index in [0.29, 0.717) is 11.7 Å². The fraction of sp³-hybridized carbons (Fsp3) is 0.278. The van der Waals surface area contributed by atoms with Crippen LogP contribution in [0.5, 0.6) is 5.75 Å². The van der Waals surface area contributed by atoms with Gasteiger partial charge < -0.3 is 14.5 Å². The van der Waals surface area contributed by atoms with E-state index in [2.05, 4.69) is 36.3 Å². The molecule has 2 heterocycles. The van der Waals surface area contributed by atoms with Gasteiger partial charge in [0, 0.05) is 24.3 Å². The number of nitrogens with one attached hydrogen (secondary N) is 1. The van der Waals surface area contributed by atoms with Crippen molar-refractivity contribution in [3.63, 3.8) is 0 Å². The van der Waals surface area contributed by atoms with Crippen LogP contribution in [0.2, 0.25) is 5.15 Å².